The van der Waals surface area contributed by atoms with Crippen molar-refractivity contribution in [1.29, 1.82) is 0 Å². The Morgan fingerprint density at radius 2 is 1.33 bits per heavy atom. The van der Waals surface area contributed by atoms with Gasteiger partial charge in [-0.1, -0.05) is 134 Å². The summed E-state index contributed by atoms with van der Waals surface area (Å²) < 4.78 is 23.6. The van der Waals surface area contributed by atoms with Gasteiger partial charge in [-0.05, 0) is 69.7 Å². The molecule has 6 nitrogen and oxygen atoms in total. The Bertz CT molecular complexity index is 1070. The first-order valence-corrected chi connectivity index (χ1v) is 16.0. The zero-order valence-electron chi connectivity index (χ0n) is 24.8. The SMILES string of the molecule is C.C.C.C.C.C.C.CCCCNC(=O)C(C)CC(CC(CC)c1ccccc1)C(C)=O.CCNCCS(=O)(=O)c1ccc(C)cc1. The van der Waals surface area contributed by atoms with E-state index in [4.69, 9.17) is 0 Å². The Hall–Kier alpha value is -2.51. The number of rotatable bonds is 16. The number of carbonyl (C=O) groups is 2. The molecule has 0 bridgehead atoms. The fourth-order valence-electron chi connectivity index (χ4n) is 4.38. The molecule has 1 amide bonds. The normalized spacial score (nSPS) is 11.4. The highest BCUT2D eigenvalue weighted by Gasteiger charge is 2.25. The number of hydrogen-bond acceptors (Lipinski definition) is 5. The lowest BCUT2D eigenvalue weighted by Crippen LogP contribution is -2.32. The Morgan fingerprint density at radius 3 is 1.78 bits per heavy atom. The summed E-state index contributed by atoms with van der Waals surface area (Å²) in [6.45, 7) is 13.8. The van der Waals surface area contributed by atoms with Gasteiger partial charge in [-0.15, -0.1) is 0 Å². The third-order valence-corrected chi connectivity index (χ3v) is 8.73. The van der Waals surface area contributed by atoms with Crippen LogP contribution in [0.25, 0.3) is 0 Å². The molecule has 0 heterocycles. The Kier molecular flexibility index (Phi) is 41.6. The number of ketones is 1. The molecule has 274 valence electrons. The Labute approximate surface area is 288 Å². The van der Waals surface area contributed by atoms with Crippen molar-refractivity contribution in [2.45, 2.75) is 136 Å². The maximum Gasteiger partial charge on any atom is 0.222 e. The first kappa shape index (κ1) is 59.0. The molecule has 0 aromatic heterocycles. The van der Waals surface area contributed by atoms with Crippen molar-refractivity contribution in [3.8, 4) is 0 Å². The molecule has 2 rings (SSSR count). The van der Waals surface area contributed by atoms with Crippen LogP contribution >= 0.6 is 0 Å². The molecule has 2 N–H and O–H groups in total. The van der Waals surface area contributed by atoms with E-state index in [0.717, 1.165) is 44.3 Å². The van der Waals surface area contributed by atoms with Gasteiger partial charge in [-0.25, -0.2) is 8.42 Å². The van der Waals surface area contributed by atoms with E-state index in [1.807, 2.05) is 51.1 Å². The van der Waals surface area contributed by atoms with E-state index >= 15 is 0 Å². The summed E-state index contributed by atoms with van der Waals surface area (Å²) in [7, 11) is -3.11. The predicted molar refractivity (Wildman–Crippen MR) is 209 cm³/mol. The minimum atomic E-state index is -3.11. The third-order valence-electron chi connectivity index (χ3n) is 7.00. The largest absolute Gasteiger partial charge is 0.356 e. The summed E-state index contributed by atoms with van der Waals surface area (Å²) in [5, 5.41) is 5.98. The smallest absolute Gasteiger partial charge is 0.222 e. The summed E-state index contributed by atoms with van der Waals surface area (Å²) in [6, 6.07) is 17.3. The first-order chi connectivity index (χ1) is 18.5. The minimum Gasteiger partial charge on any atom is -0.356 e. The van der Waals surface area contributed by atoms with Crippen LogP contribution in [0.2, 0.25) is 0 Å². The monoisotopic (exact) mass is 671 g/mol. The van der Waals surface area contributed by atoms with Crippen LogP contribution in [0.15, 0.2) is 59.5 Å². The van der Waals surface area contributed by atoms with Crippen molar-refractivity contribution in [3.05, 3.63) is 65.7 Å². The predicted octanol–water partition coefficient (Wildman–Crippen LogP) is 10.5. The Balaban J connectivity index is -0.000000123. The van der Waals surface area contributed by atoms with E-state index in [2.05, 4.69) is 36.6 Å². The van der Waals surface area contributed by atoms with Gasteiger partial charge in [-0.2, -0.15) is 0 Å². The van der Waals surface area contributed by atoms with Crippen LogP contribution in [0.4, 0.5) is 0 Å². The molecule has 0 spiro atoms. The van der Waals surface area contributed by atoms with Gasteiger partial charge in [0.25, 0.3) is 0 Å². The van der Waals surface area contributed by atoms with Crippen molar-refractivity contribution in [1.82, 2.24) is 10.6 Å². The molecule has 0 aliphatic rings. The summed E-state index contributed by atoms with van der Waals surface area (Å²) in [4.78, 5) is 24.7. The van der Waals surface area contributed by atoms with Gasteiger partial charge in [0.05, 0.1) is 10.6 Å². The van der Waals surface area contributed by atoms with Crippen LogP contribution in [0.5, 0.6) is 0 Å². The number of aryl methyl sites for hydroxylation is 1. The summed E-state index contributed by atoms with van der Waals surface area (Å²) in [6.07, 6.45) is 4.53. The zero-order valence-corrected chi connectivity index (χ0v) is 25.6. The molecule has 0 fully saturated rings. The van der Waals surface area contributed by atoms with Gasteiger partial charge in [-0.3, -0.25) is 9.59 Å². The number of unbranched alkanes of at least 4 members (excludes halogenated alkanes) is 1. The summed E-state index contributed by atoms with van der Waals surface area (Å²) >= 11 is 0. The van der Waals surface area contributed by atoms with Gasteiger partial charge in [0.1, 0.15) is 5.78 Å². The maximum atomic E-state index is 12.2. The number of carbonyl (C=O) groups excluding carboxylic acids is 2. The second kappa shape index (κ2) is 32.4. The quantitative estimate of drug-likeness (QED) is 0.173. The first-order valence-electron chi connectivity index (χ1n) is 14.4. The molecule has 0 saturated carbocycles. The number of benzene rings is 2. The van der Waals surface area contributed by atoms with Crippen LogP contribution in [0.1, 0.15) is 136 Å². The highest BCUT2D eigenvalue weighted by Crippen LogP contribution is 2.30. The zero-order chi connectivity index (χ0) is 29.3. The maximum absolute atomic E-state index is 12.2. The molecule has 3 unspecified atom stereocenters. The summed E-state index contributed by atoms with van der Waals surface area (Å²) in [5.74, 6) is 0.616. The van der Waals surface area contributed by atoms with Crippen LogP contribution in [-0.4, -0.2) is 45.5 Å². The van der Waals surface area contributed by atoms with E-state index in [1.54, 1.807) is 19.1 Å². The van der Waals surface area contributed by atoms with Crippen molar-refractivity contribution >= 4 is 21.5 Å². The molecule has 2 aromatic rings. The molecule has 0 aliphatic carbocycles. The molecule has 0 radical (unpaired) electrons. The third kappa shape index (κ3) is 22.9. The molecule has 3 atom stereocenters. The average Bonchev–Trinajstić information content (AvgIpc) is 2.92. The molecular formula is C39H78N2O4S. The number of hydrogen-bond donors (Lipinski definition) is 2. The molecule has 0 aliphatic heterocycles. The van der Waals surface area contributed by atoms with E-state index in [0.29, 0.717) is 23.8 Å². The van der Waals surface area contributed by atoms with Crippen molar-refractivity contribution in [2.75, 3.05) is 25.4 Å². The van der Waals surface area contributed by atoms with Gasteiger partial charge in [0, 0.05) is 24.9 Å². The molecular weight excluding hydrogens is 593 g/mol. The molecule has 7 heteroatoms. The summed E-state index contributed by atoms with van der Waals surface area (Å²) in [5.41, 5.74) is 2.35. The lowest BCUT2D eigenvalue weighted by atomic mass is 9.81. The fraction of sp³-hybridized carbons (Fsp3) is 0.641. The number of sulfone groups is 1. The van der Waals surface area contributed by atoms with Crippen LogP contribution < -0.4 is 10.6 Å². The molecule has 0 saturated heterocycles. The molecule has 2 aromatic carbocycles. The minimum absolute atomic E-state index is 0. The standard InChI is InChI=1S/C21H33NO2.C11H17NO2S.7CH4/c1-5-7-13-22-21(24)16(3)14-20(17(4)23)15-18(6-2)19-11-9-8-10-12-19;1-3-12-8-9-15(13,14)11-6-4-10(2)5-7-11;;;;;;;/h8-12,16,18,20H,5-7,13-15H2,1-4H3,(H,22,24);4-7,12H,3,8-9H2,1-2H3;7*1H4. The Morgan fingerprint density at radius 1 is 0.783 bits per heavy atom. The van der Waals surface area contributed by atoms with E-state index in [-0.39, 0.29) is 81.3 Å². The van der Waals surface area contributed by atoms with Crippen molar-refractivity contribution < 1.29 is 18.0 Å². The van der Waals surface area contributed by atoms with Gasteiger partial charge >= 0.3 is 0 Å². The number of nitrogens with one attached hydrogen (secondary N) is 2. The van der Waals surface area contributed by atoms with Gasteiger partial charge in [0.2, 0.25) is 5.91 Å². The fourth-order valence-corrected chi connectivity index (χ4v) is 5.58. The highest BCUT2D eigenvalue weighted by molar-refractivity contribution is 7.91. The highest BCUT2D eigenvalue weighted by atomic mass is 32.2. The number of Topliss-reactive ketones (excluding diaryl/α,β-unsaturated/α-hetero) is 1. The average molecular weight is 671 g/mol. The van der Waals surface area contributed by atoms with Crippen LogP contribution in [0.3, 0.4) is 0 Å². The van der Waals surface area contributed by atoms with Crippen molar-refractivity contribution in [2.24, 2.45) is 11.8 Å². The topological polar surface area (TPSA) is 92.3 Å². The molecule has 46 heavy (non-hydrogen) atoms. The van der Waals surface area contributed by atoms with Crippen LogP contribution in [0, 0.1) is 18.8 Å². The van der Waals surface area contributed by atoms with Crippen LogP contribution in [-0.2, 0) is 19.4 Å². The van der Waals surface area contributed by atoms with Gasteiger partial charge < -0.3 is 10.6 Å². The van der Waals surface area contributed by atoms with Crippen molar-refractivity contribution in [3.63, 3.8) is 0 Å². The van der Waals surface area contributed by atoms with E-state index < -0.39 is 9.84 Å². The van der Waals surface area contributed by atoms with Gasteiger partial charge in [0.15, 0.2) is 9.84 Å². The second-order valence-electron chi connectivity index (χ2n) is 10.3. The number of amides is 1. The lowest BCUT2D eigenvalue weighted by Gasteiger charge is -2.23. The second-order valence-corrected chi connectivity index (χ2v) is 12.4. The van der Waals surface area contributed by atoms with E-state index in [9.17, 15) is 18.0 Å². The van der Waals surface area contributed by atoms with E-state index in [1.165, 1.54) is 5.56 Å². The lowest BCUT2D eigenvalue weighted by molar-refractivity contribution is -0.126.